The number of likely N-dealkylation sites (tertiary alicyclic amines) is 1. The standard InChI is InChI=1S/C25H29N3O3S/c1-2-20(17-6-4-3-5-7-17)25(31)28-13-10-19(11-14-28)26-24(30)18-8-9-22-21(16-18)27-23(29)12-15-32-22/h3-9,16,19-20H,2,10-15H2,1H3,(H,26,30)(H,27,29). The predicted octanol–water partition coefficient (Wildman–Crippen LogP) is 4.04. The minimum absolute atomic E-state index is 0.0215. The quantitative estimate of drug-likeness (QED) is 0.719. The van der Waals surface area contributed by atoms with Crippen LogP contribution in [0.2, 0.25) is 0 Å². The van der Waals surface area contributed by atoms with Crippen LogP contribution in [0.3, 0.4) is 0 Å². The summed E-state index contributed by atoms with van der Waals surface area (Å²) in [6, 6.07) is 15.4. The van der Waals surface area contributed by atoms with Crippen molar-refractivity contribution in [2.45, 2.75) is 49.5 Å². The Morgan fingerprint density at radius 3 is 2.62 bits per heavy atom. The first kappa shape index (κ1) is 22.4. The molecule has 1 atom stereocenters. The molecular weight excluding hydrogens is 422 g/mol. The molecule has 6 nitrogen and oxygen atoms in total. The van der Waals surface area contributed by atoms with E-state index in [0.717, 1.165) is 35.5 Å². The van der Waals surface area contributed by atoms with Crippen LogP contribution in [0.15, 0.2) is 53.4 Å². The molecule has 2 aliphatic heterocycles. The van der Waals surface area contributed by atoms with Crippen LogP contribution in [-0.4, -0.2) is 47.5 Å². The fraction of sp³-hybridized carbons (Fsp3) is 0.400. The Morgan fingerprint density at radius 1 is 1.16 bits per heavy atom. The molecule has 0 saturated carbocycles. The molecule has 32 heavy (non-hydrogen) atoms. The second kappa shape index (κ2) is 10.2. The van der Waals surface area contributed by atoms with Crippen molar-refractivity contribution in [1.29, 1.82) is 0 Å². The van der Waals surface area contributed by atoms with Crippen molar-refractivity contribution in [3.05, 3.63) is 59.7 Å². The minimum Gasteiger partial charge on any atom is -0.349 e. The van der Waals surface area contributed by atoms with E-state index in [0.29, 0.717) is 30.8 Å². The first-order valence-electron chi connectivity index (χ1n) is 11.3. The zero-order valence-corrected chi connectivity index (χ0v) is 19.1. The molecule has 1 saturated heterocycles. The Bertz CT molecular complexity index is 987. The summed E-state index contributed by atoms with van der Waals surface area (Å²) < 4.78 is 0. The Kier molecular flexibility index (Phi) is 7.15. The normalized spacial score (nSPS) is 17.7. The fourth-order valence-corrected chi connectivity index (χ4v) is 5.27. The van der Waals surface area contributed by atoms with Gasteiger partial charge in [-0.25, -0.2) is 0 Å². The van der Waals surface area contributed by atoms with Gasteiger partial charge >= 0.3 is 0 Å². The molecule has 1 fully saturated rings. The lowest BCUT2D eigenvalue weighted by atomic mass is 9.93. The second-order valence-electron chi connectivity index (χ2n) is 8.30. The Labute approximate surface area is 193 Å². The number of hydrogen-bond acceptors (Lipinski definition) is 4. The first-order chi connectivity index (χ1) is 15.5. The van der Waals surface area contributed by atoms with E-state index in [-0.39, 0.29) is 29.7 Å². The maximum atomic E-state index is 13.1. The van der Waals surface area contributed by atoms with Crippen LogP contribution in [0.1, 0.15) is 54.4 Å². The molecule has 1 unspecified atom stereocenters. The van der Waals surface area contributed by atoms with E-state index in [1.165, 1.54) is 0 Å². The van der Waals surface area contributed by atoms with Gasteiger partial charge in [0.25, 0.3) is 5.91 Å². The molecule has 3 amide bonds. The molecule has 0 radical (unpaired) electrons. The molecule has 7 heteroatoms. The summed E-state index contributed by atoms with van der Waals surface area (Å²) in [5.41, 5.74) is 2.31. The predicted molar refractivity (Wildman–Crippen MR) is 127 cm³/mol. The molecule has 2 aliphatic rings. The molecule has 2 aromatic rings. The van der Waals surface area contributed by atoms with Gasteiger partial charge in [0, 0.05) is 41.8 Å². The lowest BCUT2D eigenvalue weighted by Gasteiger charge is -2.34. The highest BCUT2D eigenvalue weighted by Crippen LogP contribution is 2.31. The number of amides is 3. The Hall–Kier alpha value is -2.80. The molecular formula is C25H29N3O3S. The Balaban J connectivity index is 1.33. The first-order valence-corrected chi connectivity index (χ1v) is 12.2. The number of carbonyl (C=O) groups excluding carboxylic acids is 3. The smallest absolute Gasteiger partial charge is 0.251 e. The minimum atomic E-state index is -0.142. The SMILES string of the molecule is CCC(C(=O)N1CCC(NC(=O)c2ccc3c(c2)NC(=O)CCS3)CC1)c1ccccc1. The number of carbonyl (C=O) groups is 3. The van der Waals surface area contributed by atoms with E-state index in [9.17, 15) is 14.4 Å². The average molecular weight is 452 g/mol. The highest BCUT2D eigenvalue weighted by Gasteiger charge is 2.29. The number of rotatable bonds is 5. The van der Waals surface area contributed by atoms with Crippen LogP contribution in [0.4, 0.5) is 5.69 Å². The number of nitrogens with zero attached hydrogens (tertiary/aromatic N) is 1. The number of benzene rings is 2. The molecule has 0 bridgehead atoms. The van der Waals surface area contributed by atoms with Crippen molar-refractivity contribution in [3.63, 3.8) is 0 Å². The van der Waals surface area contributed by atoms with E-state index in [2.05, 4.69) is 10.6 Å². The lowest BCUT2D eigenvalue weighted by molar-refractivity contribution is -0.134. The van der Waals surface area contributed by atoms with Gasteiger partial charge < -0.3 is 15.5 Å². The van der Waals surface area contributed by atoms with Crippen molar-refractivity contribution in [2.75, 3.05) is 24.2 Å². The molecule has 2 heterocycles. The van der Waals surface area contributed by atoms with Crippen molar-refractivity contribution in [2.24, 2.45) is 0 Å². The van der Waals surface area contributed by atoms with E-state index >= 15 is 0 Å². The van der Waals surface area contributed by atoms with Gasteiger partial charge in [-0.3, -0.25) is 14.4 Å². The molecule has 0 aromatic heterocycles. The molecule has 168 valence electrons. The summed E-state index contributed by atoms with van der Waals surface area (Å²) >= 11 is 1.62. The molecule has 0 aliphatic carbocycles. The molecule has 2 aromatic carbocycles. The molecule has 0 spiro atoms. The van der Waals surface area contributed by atoms with E-state index in [4.69, 9.17) is 0 Å². The topological polar surface area (TPSA) is 78.5 Å². The van der Waals surface area contributed by atoms with Gasteiger partial charge in [-0.2, -0.15) is 0 Å². The third kappa shape index (κ3) is 5.15. The van der Waals surface area contributed by atoms with Gasteiger partial charge in [-0.1, -0.05) is 37.3 Å². The van der Waals surface area contributed by atoms with Crippen LogP contribution < -0.4 is 10.6 Å². The molecule has 2 N–H and O–H groups in total. The average Bonchev–Trinajstić information content (AvgIpc) is 3.00. The zero-order valence-electron chi connectivity index (χ0n) is 18.3. The number of anilines is 1. The highest BCUT2D eigenvalue weighted by molar-refractivity contribution is 7.99. The van der Waals surface area contributed by atoms with Crippen LogP contribution >= 0.6 is 11.8 Å². The fourth-order valence-electron chi connectivity index (χ4n) is 4.33. The van der Waals surface area contributed by atoms with Gasteiger partial charge in [0.15, 0.2) is 0 Å². The van der Waals surface area contributed by atoms with Crippen molar-refractivity contribution in [1.82, 2.24) is 10.2 Å². The van der Waals surface area contributed by atoms with Crippen molar-refractivity contribution in [3.8, 4) is 0 Å². The number of hydrogen-bond donors (Lipinski definition) is 2. The van der Waals surface area contributed by atoms with Crippen LogP contribution in [0.5, 0.6) is 0 Å². The number of nitrogens with one attached hydrogen (secondary N) is 2. The number of fused-ring (bicyclic) bond motifs is 1. The summed E-state index contributed by atoms with van der Waals surface area (Å²) in [5, 5.41) is 5.99. The van der Waals surface area contributed by atoms with Crippen molar-refractivity contribution < 1.29 is 14.4 Å². The van der Waals surface area contributed by atoms with Crippen LogP contribution in [0, 0.1) is 0 Å². The second-order valence-corrected chi connectivity index (χ2v) is 9.44. The van der Waals surface area contributed by atoms with Gasteiger partial charge in [0.05, 0.1) is 11.6 Å². The van der Waals surface area contributed by atoms with Gasteiger partial charge in [-0.05, 0) is 43.0 Å². The van der Waals surface area contributed by atoms with E-state index in [1.807, 2.05) is 54.3 Å². The summed E-state index contributed by atoms with van der Waals surface area (Å²) in [5.74, 6) is 0.631. The highest BCUT2D eigenvalue weighted by atomic mass is 32.2. The van der Waals surface area contributed by atoms with Gasteiger partial charge in [0.1, 0.15) is 0 Å². The van der Waals surface area contributed by atoms with Gasteiger partial charge in [-0.15, -0.1) is 11.8 Å². The maximum absolute atomic E-state index is 13.1. The van der Waals surface area contributed by atoms with Crippen LogP contribution in [0.25, 0.3) is 0 Å². The summed E-state index contributed by atoms with van der Waals surface area (Å²) in [4.78, 5) is 40.6. The van der Waals surface area contributed by atoms with Crippen LogP contribution in [-0.2, 0) is 9.59 Å². The maximum Gasteiger partial charge on any atom is 0.251 e. The van der Waals surface area contributed by atoms with E-state index < -0.39 is 0 Å². The Morgan fingerprint density at radius 2 is 1.91 bits per heavy atom. The third-order valence-corrected chi connectivity index (χ3v) is 7.23. The lowest BCUT2D eigenvalue weighted by Crippen LogP contribution is -2.47. The summed E-state index contributed by atoms with van der Waals surface area (Å²) in [7, 11) is 0. The van der Waals surface area contributed by atoms with Gasteiger partial charge in [0.2, 0.25) is 11.8 Å². The monoisotopic (exact) mass is 451 g/mol. The number of piperidine rings is 1. The molecule has 4 rings (SSSR count). The van der Waals surface area contributed by atoms with Crippen molar-refractivity contribution >= 4 is 35.2 Å². The largest absolute Gasteiger partial charge is 0.349 e. The zero-order chi connectivity index (χ0) is 22.5. The number of thioether (sulfide) groups is 1. The summed E-state index contributed by atoms with van der Waals surface area (Å²) in [6.07, 6.45) is 2.72. The summed E-state index contributed by atoms with van der Waals surface area (Å²) in [6.45, 7) is 3.33. The third-order valence-electron chi connectivity index (χ3n) is 6.15. The van der Waals surface area contributed by atoms with E-state index in [1.54, 1.807) is 17.8 Å².